The number of likely N-dealkylation sites (tertiary alicyclic amines) is 1. The van der Waals surface area contributed by atoms with Gasteiger partial charge in [-0.2, -0.15) is 0 Å². The van der Waals surface area contributed by atoms with E-state index in [1.807, 2.05) is 0 Å². The number of aryl methyl sites for hydroxylation is 1. The molecule has 1 amide bonds. The number of rotatable bonds is 2. The van der Waals surface area contributed by atoms with Crippen LogP contribution in [0.5, 0.6) is 0 Å². The molecule has 4 heteroatoms. The fourth-order valence-electron chi connectivity index (χ4n) is 2.36. The van der Waals surface area contributed by atoms with E-state index in [1.54, 1.807) is 17.9 Å². The van der Waals surface area contributed by atoms with Crippen LogP contribution in [0.25, 0.3) is 0 Å². The van der Waals surface area contributed by atoms with E-state index in [4.69, 9.17) is 5.11 Å². The lowest BCUT2D eigenvalue weighted by molar-refractivity contribution is 0.0650. The maximum atomic E-state index is 13.0. The summed E-state index contributed by atoms with van der Waals surface area (Å²) < 4.78 is 13.0. The summed E-state index contributed by atoms with van der Waals surface area (Å²) in [5.74, 6) is -0.0460. The first-order chi connectivity index (χ1) is 8.61. The van der Waals surface area contributed by atoms with Gasteiger partial charge >= 0.3 is 0 Å². The molecule has 98 valence electrons. The van der Waals surface area contributed by atoms with Crippen molar-refractivity contribution in [1.82, 2.24) is 4.90 Å². The predicted octanol–water partition coefficient (Wildman–Crippen LogP) is 1.98. The second-order valence-corrected chi connectivity index (χ2v) is 4.88. The van der Waals surface area contributed by atoms with Gasteiger partial charge in [0.25, 0.3) is 5.91 Å². The number of hydrogen-bond donors (Lipinski definition) is 1. The van der Waals surface area contributed by atoms with Crippen molar-refractivity contribution < 1.29 is 14.3 Å². The molecule has 0 atom stereocenters. The molecule has 3 nitrogen and oxygen atoms in total. The molecule has 0 radical (unpaired) electrons. The highest BCUT2D eigenvalue weighted by Crippen LogP contribution is 2.20. The van der Waals surface area contributed by atoms with Crippen molar-refractivity contribution in [3.05, 3.63) is 35.1 Å². The zero-order valence-corrected chi connectivity index (χ0v) is 10.5. The van der Waals surface area contributed by atoms with Gasteiger partial charge in [-0.05, 0) is 49.4 Å². The highest BCUT2D eigenvalue weighted by Gasteiger charge is 2.23. The molecule has 0 saturated carbocycles. The van der Waals surface area contributed by atoms with Gasteiger partial charge in [-0.15, -0.1) is 0 Å². The lowest BCUT2D eigenvalue weighted by atomic mass is 9.97. The van der Waals surface area contributed by atoms with E-state index in [9.17, 15) is 9.18 Å². The fraction of sp³-hybridized carbons (Fsp3) is 0.500. The molecule has 1 heterocycles. The Bertz CT molecular complexity index is 439. The van der Waals surface area contributed by atoms with E-state index in [0.29, 0.717) is 30.1 Å². The van der Waals surface area contributed by atoms with E-state index >= 15 is 0 Å². The van der Waals surface area contributed by atoms with Gasteiger partial charge < -0.3 is 10.0 Å². The molecular formula is C14H18FNO2. The van der Waals surface area contributed by atoms with E-state index < -0.39 is 0 Å². The van der Waals surface area contributed by atoms with Crippen LogP contribution in [-0.4, -0.2) is 35.6 Å². The van der Waals surface area contributed by atoms with Crippen molar-refractivity contribution in [1.29, 1.82) is 0 Å². The Hall–Kier alpha value is -1.42. The van der Waals surface area contributed by atoms with Gasteiger partial charge in [0, 0.05) is 25.3 Å². The molecule has 1 aromatic carbocycles. The number of halogens is 1. The van der Waals surface area contributed by atoms with Crippen molar-refractivity contribution >= 4 is 5.91 Å². The van der Waals surface area contributed by atoms with Crippen molar-refractivity contribution in [3.8, 4) is 0 Å². The normalized spacial score (nSPS) is 16.9. The van der Waals surface area contributed by atoms with Gasteiger partial charge in [0.2, 0.25) is 0 Å². The van der Waals surface area contributed by atoms with Crippen LogP contribution in [0.1, 0.15) is 28.8 Å². The molecule has 0 spiro atoms. The number of piperidine rings is 1. The van der Waals surface area contributed by atoms with E-state index in [0.717, 1.165) is 12.8 Å². The summed E-state index contributed by atoms with van der Waals surface area (Å²) >= 11 is 0. The van der Waals surface area contributed by atoms with Crippen LogP contribution in [-0.2, 0) is 0 Å². The van der Waals surface area contributed by atoms with Crippen LogP contribution in [0, 0.1) is 18.7 Å². The van der Waals surface area contributed by atoms with Gasteiger partial charge in [0.05, 0.1) is 0 Å². The van der Waals surface area contributed by atoms with E-state index in [2.05, 4.69) is 0 Å². The Morgan fingerprint density at radius 1 is 1.44 bits per heavy atom. The first-order valence-corrected chi connectivity index (χ1v) is 6.28. The number of hydrogen-bond acceptors (Lipinski definition) is 2. The van der Waals surface area contributed by atoms with Crippen LogP contribution in [0.3, 0.4) is 0 Å². The summed E-state index contributed by atoms with van der Waals surface area (Å²) in [5, 5.41) is 9.06. The summed E-state index contributed by atoms with van der Waals surface area (Å²) in [6, 6.07) is 4.25. The molecule has 18 heavy (non-hydrogen) atoms. The molecule has 0 unspecified atom stereocenters. The molecule has 0 aliphatic carbocycles. The minimum absolute atomic E-state index is 0.0381. The summed E-state index contributed by atoms with van der Waals surface area (Å²) in [7, 11) is 0. The SMILES string of the molecule is Cc1cc(F)ccc1C(=O)N1CCC(CO)CC1. The minimum atomic E-state index is -0.317. The number of amides is 1. The molecule has 2 rings (SSSR count). The Morgan fingerprint density at radius 2 is 2.11 bits per heavy atom. The van der Waals surface area contributed by atoms with Gasteiger partial charge in [-0.1, -0.05) is 0 Å². The van der Waals surface area contributed by atoms with E-state index in [1.165, 1.54) is 12.1 Å². The zero-order chi connectivity index (χ0) is 13.1. The number of carbonyl (C=O) groups excluding carboxylic acids is 1. The second kappa shape index (κ2) is 5.48. The van der Waals surface area contributed by atoms with Gasteiger partial charge in [0.1, 0.15) is 5.82 Å². The summed E-state index contributed by atoms with van der Waals surface area (Å²) in [5.41, 5.74) is 1.24. The van der Waals surface area contributed by atoms with Crippen LogP contribution in [0.2, 0.25) is 0 Å². The molecule has 0 aromatic heterocycles. The number of carbonyl (C=O) groups is 1. The molecule has 1 aliphatic rings. The van der Waals surface area contributed by atoms with Crippen LogP contribution < -0.4 is 0 Å². The average Bonchev–Trinajstić information content (AvgIpc) is 2.38. The fourth-order valence-corrected chi connectivity index (χ4v) is 2.36. The Kier molecular flexibility index (Phi) is 3.97. The van der Waals surface area contributed by atoms with Gasteiger partial charge in [0.15, 0.2) is 0 Å². The molecule has 1 fully saturated rings. The lowest BCUT2D eigenvalue weighted by Gasteiger charge is -2.31. The first kappa shape index (κ1) is 13.0. The Balaban J connectivity index is 2.08. The third-order valence-electron chi connectivity index (χ3n) is 3.58. The van der Waals surface area contributed by atoms with Crippen LogP contribution in [0.4, 0.5) is 4.39 Å². The molecule has 1 saturated heterocycles. The molecule has 0 bridgehead atoms. The van der Waals surface area contributed by atoms with Crippen molar-refractivity contribution in [2.75, 3.05) is 19.7 Å². The van der Waals surface area contributed by atoms with Gasteiger partial charge in [-0.3, -0.25) is 4.79 Å². The molecule has 1 aromatic rings. The topological polar surface area (TPSA) is 40.5 Å². The highest BCUT2D eigenvalue weighted by atomic mass is 19.1. The van der Waals surface area contributed by atoms with Crippen LogP contribution >= 0.6 is 0 Å². The Labute approximate surface area is 106 Å². The number of aliphatic hydroxyl groups is 1. The van der Waals surface area contributed by atoms with E-state index in [-0.39, 0.29) is 18.3 Å². The van der Waals surface area contributed by atoms with Crippen molar-refractivity contribution in [2.45, 2.75) is 19.8 Å². The zero-order valence-electron chi connectivity index (χ0n) is 10.5. The first-order valence-electron chi connectivity index (χ1n) is 6.28. The number of aliphatic hydroxyl groups excluding tert-OH is 1. The number of benzene rings is 1. The molecule has 1 aliphatic heterocycles. The standard InChI is InChI=1S/C14H18FNO2/c1-10-8-12(15)2-3-13(10)14(18)16-6-4-11(9-17)5-7-16/h2-3,8,11,17H,4-7,9H2,1H3. The highest BCUT2D eigenvalue weighted by molar-refractivity contribution is 5.95. The minimum Gasteiger partial charge on any atom is -0.396 e. The summed E-state index contributed by atoms with van der Waals surface area (Å²) in [6.07, 6.45) is 1.67. The number of nitrogens with zero attached hydrogens (tertiary/aromatic N) is 1. The summed E-state index contributed by atoms with van der Waals surface area (Å²) in [6.45, 7) is 3.27. The third-order valence-corrected chi connectivity index (χ3v) is 3.58. The summed E-state index contributed by atoms with van der Waals surface area (Å²) in [4.78, 5) is 14.1. The van der Waals surface area contributed by atoms with Crippen molar-refractivity contribution in [3.63, 3.8) is 0 Å². The average molecular weight is 251 g/mol. The molecule has 1 N–H and O–H groups in total. The maximum Gasteiger partial charge on any atom is 0.254 e. The lowest BCUT2D eigenvalue weighted by Crippen LogP contribution is -2.39. The monoisotopic (exact) mass is 251 g/mol. The predicted molar refractivity (Wildman–Crippen MR) is 66.9 cm³/mol. The Morgan fingerprint density at radius 3 is 2.67 bits per heavy atom. The molecular weight excluding hydrogens is 233 g/mol. The quantitative estimate of drug-likeness (QED) is 0.873. The van der Waals surface area contributed by atoms with Crippen LogP contribution in [0.15, 0.2) is 18.2 Å². The second-order valence-electron chi connectivity index (χ2n) is 4.88. The van der Waals surface area contributed by atoms with Crippen molar-refractivity contribution in [2.24, 2.45) is 5.92 Å². The third kappa shape index (κ3) is 2.70. The maximum absolute atomic E-state index is 13.0. The van der Waals surface area contributed by atoms with Gasteiger partial charge in [-0.25, -0.2) is 4.39 Å². The largest absolute Gasteiger partial charge is 0.396 e. The smallest absolute Gasteiger partial charge is 0.254 e.